The van der Waals surface area contributed by atoms with E-state index >= 15 is 0 Å². The minimum atomic E-state index is 0.115. The number of hydrogen-bond donors (Lipinski definition) is 1. The van der Waals surface area contributed by atoms with E-state index in [0.717, 1.165) is 25.7 Å². The molecule has 0 radical (unpaired) electrons. The van der Waals surface area contributed by atoms with E-state index in [1.165, 1.54) is 17.1 Å². The van der Waals surface area contributed by atoms with Crippen molar-refractivity contribution in [2.45, 2.75) is 65.8 Å². The Hall–Kier alpha value is -0.790. The molecule has 0 saturated heterocycles. The SMILES string of the molecule is CCC1=C(CC)NC(CC)(CC)C(C)=N1. The Morgan fingerprint density at radius 2 is 1.67 bits per heavy atom. The quantitative estimate of drug-likeness (QED) is 0.749. The van der Waals surface area contributed by atoms with Crippen LogP contribution in [0.3, 0.4) is 0 Å². The fourth-order valence-electron chi connectivity index (χ4n) is 2.35. The van der Waals surface area contributed by atoms with Crippen molar-refractivity contribution in [2.24, 2.45) is 4.99 Å². The third kappa shape index (κ3) is 2.09. The van der Waals surface area contributed by atoms with Gasteiger partial charge in [0.25, 0.3) is 0 Å². The molecule has 0 fully saturated rings. The Bertz CT molecular complexity index is 283. The molecule has 86 valence electrons. The summed E-state index contributed by atoms with van der Waals surface area (Å²) in [6.45, 7) is 11.0. The molecule has 0 bridgehead atoms. The zero-order chi connectivity index (χ0) is 11.5. The van der Waals surface area contributed by atoms with Crippen LogP contribution in [0.15, 0.2) is 16.4 Å². The van der Waals surface area contributed by atoms with Crippen LogP contribution in [-0.2, 0) is 0 Å². The molecule has 1 rings (SSSR count). The summed E-state index contributed by atoms with van der Waals surface area (Å²) in [5, 5.41) is 3.72. The molecule has 0 atom stereocenters. The smallest absolute Gasteiger partial charge is 0.0746 e. The first-order valence-electron chi connectivity index (χ1n) is 6.19. The maximum Gasteiger partial charge on any atom is 0.0746 e. The number of aliphatic imine (C=N–C) groups is 1. The summed E-state index contributed by atoms with van der Waals surface area (Å²) < 4.78 is 0. The van der Waals surface area contributed by atoms with E-state index in [4.69, 9.17) is 4.99 Å². The molecule has 1 N–H and O–H groups in total. The topological polar surface area (TPSA) is 24.4 Å². The predicted octanol–water partition coefficient (Wildman–Crippen LogP) is 3.64. The van der Waals surface area contributed by atoms with Gasteiger partial charge in [-0.15, -0.1) is 0 Å². The third-order valence-corrected chi connectivity index (χ3v) is 3.63. The Morgan fingerprint density at radius 1 is 1.07 bits per heavy atom. The maximum absolute atomic E-state index is 4.78. The average molecular weight is 208 g/mol. The second kappa shape index (κ2) is 4.82. The minimum Gasteiger partial charge on any atom is -0.376 e. The molecule has 0 spiro atoms. The van der Waals surface area contributed by atoms with E-state index in [1.807, 2.05) is 0 Å². The molecule has 0 aromatic carbocycles. The molecule has 2 heteroatoms. The number of hydrogen-bond acceptors (Lipinski definition) is 2. The van der Waals surface area contributed by atoms with Gasteiger partial charge in [-0.3, -0.25) is 4.99 Å². The number of allylic oxidation sites excluding steroid dienone is 2. The lowest BCUT2D eigenvalue weighted by molar-refractivity contribution is 0.424. The van der Waals surface area contributed by atoms with Crippen LogP contribution in [-0.4, -0.2) is 11.3 Å². The number of rotatable bonds is 4. The van der Waals surface area contributed by atoms with E-state index in [2.05, 4.69) is 39.9 Å². The largest absolute Gasteiger partial charge is 0.376 e. The van der Waals surface area contributed by atoms with Crippen molar-refractivity contribution >= 4 is 5.71 Å². The maximum atomic E-state index is 4.78. The molecule has 1 aliphatic rings. The van der Waals surface area contributed by atoms with E-state index < -0.39 is 0 Å². The highest BCUT2D eigenvalue weighted by Crippen LogP contribution is 2.28. The van der Waals surface area contributed by atoms with Gasteiger partial charge in [0.15, 0.2) is 0 Å². The van der Waals surface area contributed by atoms with Crippen LogP contribution in [0.4, 0.5) is 0 Å². The molecule has 0 aliphatic carbocycles. The second-order valence-corrected chi connectivity index (χ2v) is 4.24. The summed E-state index contributed by atoms with van der Waals surface area (Å²) in [5.74, 6) is 0. The van der Waals surface area contributed by atoms with Gasteiger partial charge in [0.2, 0.25) is 0 Å². The number of nitrogens with one attached hydrogen (secondary N) is 1. The standard InChI is InChI=1S/C13H24N2/c1-6-11-12(7-2)15-13(8-3,9-4)10(5)14-11/h15H,6-9H2,1-5H3. The van der Waals surface area contributed by atoms with Gasteiger partial charge in [-0.1, -0.05) is 27.7 Å². The highest BCUT2D eigenvalue weighted by atomic mass is 15.1. The summed E-state index contributed by atoms with van der Waals surface area (Å²) in [7, 11) is 0. The molecular formula is C13H24N2. The van der Waals surface area contributed by atoms with Crippen LogP contribution < -0.4 is 5.32 Å². The molecule has 1 aliphatic heterocycles. The van der Waals surface area contributed by atoms with Crippen LogP contribution in [0.1, 0.15) is 60.3 Å². The average Bonchev–Trinajstić information content (AvgIpc) is 2.29. The summed E-state index contributed by atoms with van der Waals surface area (Å²) in [4.78, 5) is 4.78. The molecular weight excluding hydrogens is 184 g/mol. The van der Waals surface area contributed by atoms with Crippen molar-refractivity contribution in [1.82, 2.24) is 5.32 Å². The first-order chi connectivity index (χ1) is 7.13. The lowest BCUT2D eigenvalue weighted by atomic mass is 9.85. The van der Waals surface area contributed by atoms with Gasteiger partial charge >= 0.3 is 0 Å². The zero-order valence-corrected chi connectivity index (χ0v) is 10.8. The Labute approximate surface area is 93.9 Å². The van der Waals surface area contributed by atoms with Gasteiger partial charge < -0.3 is 5.32 Å². The molecule has 0 unspecified atom stereocenters. The lowest BCUT2D eigenvalue weighted by Gasteiger charge is -2.38. The van der Waals surface area contributed by atoms with Crippen molar-refractivity contribution < 1.29 is 0 Å². The first-order valence-corrected chi connectivity index (χ1v) is 6.19. The van der Waals surface area contributed by atoms with Crippen molar-refractivity contribution in [1.29, 1.82) is 0 Å². The van der Waals surface area contributed by atoms with Gasteiger partial charge in [-0.05, 0) is 32.6 Å². The van der Waals surface area contributed by atoms with Crippen LogP contribution in [0.25, 0.3) is 0 Å². The monoisotopic (exact) mass is 208 g/mol. The summed E-state index contributed by atoms with van der Waals surface area (Å²) in [6.07, 6.45) is 4.30. The van der Waals surface area contributed by atoms with E-state index in [-0.39, 0.29) is 5.54 Å². The second-order valence-electron chi connectivity index (χ2n) is 4.24. The molecule has 0 saturated carbocycles. The summed E-state index contributed by atoms with van der Waals surface area (Å²) in [5.41, 5.74) is 3.95. The van der Waals surface area contributed by atoms with Crippen molar-refractivity contribution in [3.05, 3.63) is 11.4 Å². The van der Waals surface area contributed by atoms with Crippen molar-refractivity contribution in [3.8, 4) is 0 Å². The van der Waals surface area contributed by atoms with Gasteiger partial charge in [0.05, 0.1) is 11.2 Å². The number of nitrogens with zero attached hydrogens (tertiary/aromatic N) is 1. The van der Waals surface area contributed by atoms with E-state index in [1.54, 1.807) is 0 Å². The molecule has 1 heterocycles. The van der Waals surface area contributed by atoms with Crippen molar-refractivity contribution in [2.75, 3.05) is 0 Å². The Morgan fingerprint density at radius 3 is 2.07 bits per heavy atom. The van der Waals surface area contributed by atoms with Crippen LogP contribution >= 0.6 is 0 Å². The van der Waals surface area contributed by atoms with Gasteiger partial charge in [-0.25, -0.2) is 0 Å². The van der Waals surface area contributed by atoms with Gasteiger partial charge in [-0.2, -0.15) is 0 Å². The summed E-state index contributed by atoms with van der Waals surface area (Å²) >= 11 is 0. The van der Waals surface area contributed by atoms with Crippen molar-refractivity contribution in [3.63, 3.8) is 0 Å². The van der Waals surface area contributed by atoms with E-state index in [9.17, 15) is 0 Å². The summed E-state index contributed by atoms with van der Waals surface area (Å²) in [6, 6.07) is 0. The van der Waals surface area contributed by atoms with Crippen LogP contribution in [0, 0.1) is 0 Å². The molecule has 0 aromatic rings. The van der Waals surface area contributed by atoms with E-state index in [0.29, 0.717) is 0 Å². The lowest BCUT2D eigenvalue weighted by Crippen LogP contribution is -2.51. The highest BCUT2D eigenvalue weighted by molar-refractivity contribution is 5.93. The normalized spacial score (nSPS) is 19.9. The van der Waals surface area contributed by atoms with Gasteiger partial charge in [0, 0.05) is 11.4 Å². The fraction of sp³-hybridized carbons (Fsp3) is 0.769. The Balaban J connectivity index is 3.07. The van der Waals surface area contributed by atoms with Gasteiger partial charge in [0.1, 0.15) is 0 Å². The Kier molecular flexibility index (Phi) is 3.95. The first kappa shape index (κ1) is 12.3. The third-order valence-electron chi connectivity index (χ3n) is 3.63. The van der Waals surface area contributed by atoms with Crippen LogP contribution in [0.5, 0.6) is 0 Å². The fourth-order valence-corrected chi connectivity index (χ4v) is 2.35. The predicted molar refractivity (Wildman–Crippen MR) is 67.2 cm³/mol. The minimum absolute atomic E-state index is 0.115. The highest BCUT2D eigenvalue weighted by Gasteiger charge is 2.33. The zero-order valence-electron chi connectivity index (χ0n) is 10.8. The molecule has 0 aromatic heterocycles. The molecule has 2 nitrogen and oxygen atoms in total. The van der Waals surface area contributed by atoms with Crippen LogP contribution in [0.2, 0.25) is 0 Å². The molecule has 0 amide bonds. The molecule has 15 heavy (non-hydrogen) atoms.